The van der Waals surface area contributed by atoms with Crippen LogP contribution in [0.2, 0.25) is 5.02 Å². The predicted octanol–water partition coefficient (Wildman–Crippen LogP) is 5.81. The normalized spacial score (nSPS) is 26.6. The molecule has 7 heterocycles. The summed E-state index contributed by atoms with van der Waals surface area (Å²) in [5, 5.41) is 22.0. The number of imide groups is 1. The van der Waals surface area contributed by atoms with Gasteiger partial charge < -0.3 is 30.4 Å². The minimum Gasteiger partial charge on any atom is -0.506 e. The Morgan fingerprint density at radius 1 is 0.793 bits per heavy atom. The van der Waals surface area contributed by atoms with E-state index in [1.807, 2.05) is 12.3 Å². The van der Waals surface area contributed by atoms with Gasteiger partial charge in [-0.2, -0.15) is 0 Å². The van der Waals surface area contributed by atoms with Crippen LogP contribution in [0.3, 0.4) is 0 Å². The average molecular weight is 803 g/mol. The first-order valence-corrected chi connectivity index (χ1v) is 21.6. The smallest absolute Gasteiger partial charge is 0.249 e. The number of nitrogens with one attached hydrogen (secondary N) is 1. The number of rotatable bonds is 7. The van der Waals surface area contributed by atoms with Crippen LogP contribution in [0, 0.1) is 0 Å². The fraction of sp³-hybridized carbons (Fsp3) is 0.500. The number of nitrogens with two attached hydrogens (primary N) is 1. The summed E-state index contributed by atoms with van der Waals surface area (Å²) >= 11 is 6.20. The molecule has 2 aromatic heterocycles. The number of aromatic nitrogens is 4. The molecule has 4 aromatic rings. The molecule has 302 valence electrons. The molecule has 3 unspecified atom stereocenters. The third-order valence-electron chi connectivity index (χ3n) is 14.1. The third-order valence-corrected chi connectivity index (χ3v) is 14.4. The van der Waals surface area contributed by atoms with E-state index in [2.05, 4.69) is 59.4 Å². The number of piperazine rings is 1. The van der Waals surface area contributed by atoms with Crippen LogP contribution in [0.25, 0.3) is 11.3 Å². The quantitative estimate of drug-likeness (QED) is 0.193. The van der Waals surface area contributed by atoms with Gasteiger partial charge in [0.05, 0.1) is 16.4 Å². The summed E-state index contributed by atoms with van der Waals surface area (Å²) in [6, 6.07) is 16.8. The fourth-order valence-electron chi connectivity index (χ4n) is 11.1. The summed E-state index contributed by atoms with van der Waals surface area (Å²) < 4.78 is 0. The second-order valence-electron chi connectivity index (χ2n) is 17.2. The summed E-state index contributed by atoms with van der Waals surface area (Å²) in [5.74, 6) is 1.87. The standard InChI is InChI=1S/C44H51ClN10O3/c45-34-5-1-4-33(41(34)57)36-23-39(42(46)51-50-36)53-24-29-11-12-30(25-53)55(29)44-47-19-15-35(48-44)27-16-20-52(21-17-27)28-9-7-26(8-10-28)31-3-2-6-37-32(31)18-22-54(37)38-13-14-40(56)49-43(38)58/h1-6,15,19,23,26-30,38,57H,7-14,16-18,20-22,24-25H2,(H2,46,51)(H,49,56,58)/t26-,28+,29?,30?,38?. The first-order valence-electron chi connectivity index (χ1n) is 21.2. The van der Waals surface area contributed by atoms with Crippen LogP contribution in [-0.2, 0) is 16.0 Å². The van der Waals surface area contributed by atoms with Crippen molar-refractivity contribution in [2.45, 2.75) is 107 Å². The zero-order valence-corrected chi connectivity index (χ0v) is 33.5. The van der Waals surface area contributed by atoms with Gasteiger partial charge in [-0.3, -0.25) is 14.9 Å². The number of likely N-dealkylation sites (tertiary alicyclic amines) is 1. The van der Waals surface area contributed by atoms with Crippen molar-refractivity contribution >= 4 is 46.6 Å². The van der Waals surface area contributed by atoms with E-state index in [1.165, 1.54) is 42.5 Å². The van der Waals surface area contributed by atoms with Crippen molar-refractivity contribution in [1.82, 2.24) is 30.4 Å². The molecule has 10 rings (SSSR count). The van der Waals surface area contributed by atoms with Gasteiger partial charge in [-0.05, 0) is 125 Å². The molecule has 58 heavy (non-hydrogen) atoms. The van der Waals surface area contributed by atoms with E-state index in [9.17, 15) is 14.7 Å². The van der Waals surface area contributed by atoms with Crippen LogP contribution < -0.4 is 25.8 Å². The summed E-state index contributed by atoms with van der Waals surface area (Å²) in [4.78, 5) is 44.3. The van der Waals surface area contributed by atoms with Gasteiger partial charge in [0.25, 0.3) is 0 Å². The number of nitrogens with zero attached hydrogens (tertiary/aromatic N) is 8. The monoisotopic (exact) mass is 802 g/mol. The van der Waals surface area contributed by atoms with Gasteiger partial charge in [-0.1, -0.05) is 29.8 Å². The zero-order chi connectivity index (χ0) is 39.5. The Balaban J connectivity index is 0.751. The van der Waals surface area contributed by atoms with Gasteiger partial charge >= 0.3 is 0 Å². The number of para-hydroxylation sites is 1. The second kappa shape index (κ2) is 15.3. The maximum absolute atomic E-state index is 12.7. The number of hydrogen-bond donors (Lipinski definition) is 3. The number of phenols is 1. The first-order chi connectivity index (χ1) is 28.3. The molecule has 2 amide bonds. The number of amides is 2. The Bertz CT molecular complexity index is 2210. The Labute approximate surface area is 344 Å². The largest absolute Gasteiger partial charge is 0.506 e. The van der Waals surface area contributed by atoms with E-state index >= 15 is 0 Å². The minimum absolute atomic E-state index is 0.0145. The molecule has 4 N–H and O–H groups in total. The van der Waals surface area contributed by atoms with E-state index < -0.39 is 0 Å². The molecule has 13 nitrogen and oxygen atoms in total. The number of anilines is 4. The lowest BCUT2D eigenvalue weighted by Gasteiger charge is -2.42. The van der Waals surface area contributed by atoms with Crippen LogP contribution in [-0.4, -0.2) is 98.9 Å². The fourth-order valence-corrected chi connectivity index (χ4v) is 11.3. The maximum atomic E-state index is 12.7. The minimum atomic E-state index is -0.252. The summed E-state index contributed by atoms with van der Waals surface area (Å²) in [6.07, 6.45) is 13.1. The molecule has 14 heteroatoms. The Morgan fingerprint density at radius 2 is 1.55 bits per heavy atom. The molecule has 6 aliphatic rings. The number of nitrogen functional groups attached to an aromatic ring is 1. The first kappa shape index (κ1) is 37.3. The lowest BCUT2D eigenvalue weighted by Crippen LogP contribution is -2.54. The second-order valence-corrected chi connectivity index (χ2v) is 17.6. The molecule has 5 aliphatic heterocycles. The van der Waals surface area contributed by atoms with Crippen molar-refractivity contribution in [3.63, 3.8) is 0 Å². The molecule has 5 fully saturated rings. The lowest BCUT2D eigenvalue weighted by atomic mass is 9.78. The van der Waals surface area contributed by atoms with Gasteiger partial charge in [-0.15, -0.1) is 10.2 Å². The van der Waals surface area contributed by atoms with Crippen molar-refractivity contribution in [1.29, 1.82) is 0 Å². The molecule has 4 saturated heterocycles. The molecule has 2 bridgehead atoms. The van der Waals surface area contributed by atoms with Crippen molar-refractivity contribution in [2.24, 2.45) is 0 Å². The molecule has 1 saturated carbocycles. The third kappa shape index (κ3) is 6.79. The number of aromatic hydroxyl groups is 1. The van der Waals surface area contributed by atoms with E-state index in [0.29, 0.717) is 47.8 Å². The number of carbonyl (C=O) groups excluding carboxylic acids is 2. The molecule has 3 atom stereocenters. The SMILES string of the molecule is Nc1nnc(-c2cccc(Cl)c2O)cc1N1CC2CCC(C1)N2c1nccc(C2CCN([C@H]3CC[C@@H](c4cccc5c4CCN5C4CCC(=O)NC4=O)CC3)CC2)n1. The van der Waals surface area contributed by atoms with Crippen LogP contribution >= 0.6 is 11.6 Å². The van der Waals surface area contributed by atoms with Crippen LogP contribution in [0.1, 0.15) is 92.9 Å². The predicted molar refractivity (Wildman–Crippen MR) is 224 cm³/mol. The Kier molecular flexibility index (Phi) is 9.83. The van der Waals surface area contributed by atoms with Gasteiger partial charge in [0.15, 0.2) is 5.82 Å². The van der Waals surface area contributed by atoms with Gasteiger partial charge in [0.1, 0.15) is 11.8 Å². The van der Waals surface area contributed by atoms with Crippen molar-refractivity contribution in [3.8, 4) is 17.0 Å². The number of phenolic OH excluding ortho intramolecular Hbond substituents is 1. The maximum Gasteiger partial charge on any atom is 0.249 e. The number of piperidine rings is 2. The van der Waals surface area contributed by atoms with Crippen molar-refractivity contribution in [2.75, 3.05) is 53.2 Å². The average Bonchev–Trinajstić information content (AvgIpc) is 3.79. The number of halogens is 1. The van der Waals surface area contributed by atoms with Gasteiger partial charge in [0.2, 0.25) is 17.8 Å². The number of hydrogen-bond acceptors (Lipinski definition) is 12. The van der Waals surface area contributed by atoms with E-state index in [1.54, 1.807) is 18.2 Å². The van der Waals surface area contributed by atoms with Crippen LogP contribution in [0.15, 0.2) is 54.7 Å². The Morgan fingerprint density at radius 3 is 2.33 bits per heavy atom. The number of benzene rings is 2. The topological polar surface area (TPSA) is 157 Å². The Hall–Kier alpha value is -5.01. The summed E-state index contributed by atoms with van der Waals surface area (Å²) in [7, 11) is 0. The molecule has 1 aliphatic carbocycles. The molecule has 0 radical (unpaired) electrons. The highest BCUT2D eigenvalue weighted by Gasteiger charge is 2.43. The summed E-state index contributed by atoms with van der Waals surface area (Å²) in [6.45, 7) is 4.58. The van der Waals surface area contributed by atoms with E-state index in [4.69, 9.17) is 27.3 Å². The van der Waals surface area contributed by atoms with E-state index in [0.717, 1.165) is 82.2 Å². The molecular formula is C44H51ClN10O3. The van der Waals surface area contributed by atoms with E-state index in [-0.39, 0.29) is 40.7 Å². The number of carbonyl (C=O) groups is 2. The highest BCUT2D eigenvalue weighted by atomic mass is 35.5. The van der Waals surface area contributed by atoms with Gasteiger partial charge in [-0.25, -0.2) is 9.97 Å². The van der Waals surface area contributed by atoms with Crippen LogP contribution in [0.4, 0.5) is 23.1 Å². The molecule has 2 aromatic carbocycles. The van der Waals surface area contributed by atoms with Crippen molar-refractivity contribution in [3.05, 3.63) is 76.6 Å². The van der Waals surface area contributed by atoms with Gasteiger partial charge in [0, 0.05) is 73.2 Å². The highest BCUT2D eigenvalue weighted by Crippen LogP contribution is 2.44. The molecule has 0 spiro atoms. The molecular weight excluding hydrogens is 752 g/mol. The highest BCUT2D eigenvalue weighted by molar-refractivity contribution is 6.32. The zero-order valence-electron chi connectivity index (χ0n) is 32.8. The van der Waals surface area contributed by atoms with Crippen molar-refractivity contribution < 1.29 is 14.7 Å². The lowest BCUT2D eigenvalue weighted by molar-refractivity contribution is -0.134. The summed E-state index contributed by atoms with van der Waals surface area (Å²) in [5.41, 5.74) is 13.5. The van der Waals surface area contributed by atoms with Crippen LogP contribution in [0.5, 0.6) is 5.75 Å². The number of fused-ring (bicyclic) bond motifs is 3.